The maximum atomic E-state index is 11.5. The summed E-state index contributed by atoms with van der Waals surface area (Å²) in [5, 5.41) is 13.4. The Morgan fingerprint density at radius 3 is 2.62 bits per heavy atom. The number of aromatic hydroxyl groups is 1. The fourth-order valence-corrected chi connectivity index (χ4v) is 2.52. The van der Waals surface area contributed by atoms with Crippen molar-refractivity contribution in [3.63, 3.8) is 0 Å². The highest BCUT2D eigenvalue weighted by atomic mass is 16.5. The predicted octanol–water partition coefficient (Wildman–Crippen LogP) is 4.36. The number of rotatable bonds is 7. The summed E-state index contributed by atoms with van der Waals surface area (Å²) < 4.78 is 4.90. The first-order chi connectivity index (χ1) is 11.6. The van der Waals surface area contributed by atoms with Crippen LogP contribution in [-0.4, -0.2) is 17.7 Å². The minimum absolute atomic E-state index is 0.0647. The molecule has 126 valence electrons. The molecule has 0 bridgehead atoms. The molecule has 4 heteroatoms. The standard InChI is InChI=1S/C20H23NO3/c1-3-24-20(23)14-8-12-17(16-10-5-4-9-15(16)2)21-18-11-6-7-13-19(18)22/h4-11,13-14,17,21-22H,3,12H2,1-2H3/b14-8+. The lowest BCUT2D eigenvalue weighted by Crippen LogP contribution is -2.12. The van der Waals surface area contributed by atoms with Crippen LogP contribution in [0.1, 0.15) is 30.5 Å². The zero-order valence-electron chi connectivity index (χ0n) is 14.0. The second-order valence-electron chi connectivity index (χ2n) is 5.46. The van der Waals surface area contributed by atoms with Crippen molar-refractivity contribution in [1.82, 2.24) is 0 Å². The van der Waals surface area contributed by atoms with E-state index in [1.54, 1.807) is 25.1 Å². The molecule has 0 radical (unpaired) electrons. The Hall–Kier alpha value is -2.75. The molecule has 0 aliphatic carbocycles. The van der Waals surface area contributed by atoms with E-state index in [9.17, 15) is 9.90 Å². The predicted molar refractivity (Wildman–Crippen MR) is 96.0 cm³/mol. The molecule has 0 aromatic heterocycles. The number of anilines is 1. The van der Waals surface area contributed by atoms with Crippen molar-refractivity contribution >= 4 is 11.7 Å². The molecule has 2 rings (SSSR count). The number of hydrogen-bond donors (Lipinski definition) is 2. The number of ether oxygens (including phenoxy) is 1. The summed E-state index contributed by atoms with van der Waals surface area (Å²) in [5.41, 5.74) is 2.93. The maximum absolute atomic E-state index is 11.5. The fraction of sp³-hybridized carbons (Fsp3) is 0.250. The summed E-state index contributed by atoms with van der Waals surface area (Å²) in [6, 6.07) is 15.1. The first-order valence-corrected chi connectivity index (χ1v) is 8.05. The average molecular weight is 325 g/mol. The van der Waals surface area contributed by atoms with Crippen molar-refractivity contribution in [3.8, 4) is 5.75 Å². The van der Waals surface area contributed by atoms with Crippen molar-refractivity contribution in [2.24, 2.45) is 0 Å². The monoisotopic (exact) mass is 325 g/mol. The van der Waals surface area contributed by atoms with Crippen LogP contribution in [0.15, 0.2) is 60.7 Å². The summed E-state index contributed by atoms with van der Waals surface area (Å²) in [6.45, 7) is 4.19. The molecule has 0 saturated heterocycles. The number of phenols is 1. The van der Waals surface area contributed by atoms with Gasteiger partial charge in [-0.1, -0.05) is 42.5 Å². The first kappa shape index (κ1) is 17.6. The summed E-state index contributed by atoms with van der Waals surface area (Å²) in [5.74, 6) is -0.144. The van der Waals surface area contributed by atoms with Gasteiger partial charge in [0.2, 0.25) is 0 Å². The minimum Gasteiger partial charge on any atom is -0.506 e. The van der Waals surface area contributed by atoms with Crippen molar-refractivity contribution < 1.29 is 14.6 Å². The van der Waals surface area contributed by atoms with Gasteiger partial charge in [0.05, 0.1) is 18.3 Å². The van der Waals surface area contributed by atoms with E-state index in [0.29, 0.717) is 18.7 Å². The van der Waals surface area contributed by atoms with E-state index in [1.807, 2.05) is 43.3 Å². The third-order valence-electron chi connectivity index (χ3n) is 3.71. The quantitative estimate of drug-likeness (QED) is 0.451. The highest BCUT2D eigenvalue weighted by Gasteiger charge is 2.14. The smallest absolute Gasteiger partial charge is 0.330 e. The zero-order chi connectivity index (χ0) is 17.4. The second kappa shape index (κ2) is 8.77. The van der Waals surface area contributed by atoms with Crippen molar-refractivity contribution in [3.05, 3.63) is 71.8 Å². The number of nitrogens with one attached hydrogen (secondary N) is 1. The van der Waals surface area contributed by atoms with Gasteiger partial charge in [-0.15, -0.1) is 0 Å². The summed E-state index contributed by atoms with van der Waals surface area (Å²) in [4.78, 5) is 11.5. The summed E-state index contributed by atoms with van der Waals surface area (Å²) in [7, 11) is 0. The van der Waals surface area contributed by atoms with Crippen molar-refractivity contribution in [2.75, 3.05) is 11.9 Å². The van der Waals surface area contributed by atoms with E-state index in [2.05, 4.69) is 5.32 Å². The number of benzene rings is 2. The van der Waals surface area contributed by atoms with Crippen LogP contribution in [0.4, 0.5) is 5.69 Å². The molecule has 0 heterocycles. The first-order valence-electron chi connectivity index (χ1n) is 8.05. The molecule has 0 spiro atoms. The van der Waals surface area contributed by atoms with Gasteiger partial charge >= 0.3 is 5.97 Å². The van der Waals surface area contributed by atoms with E-state index < -0.39 is 0 Å². The highest BCUT2D eigenvalue weighted by molar-refractivity contribution is 5.81. The summed E-state index contributed by atoms with van der Waals surface area (Å²) >= 11 is 0. The Balaban J connectivity index is 2.20. The zero-order valence-corrected chi connectivity index (χ0v) is 14.0. The van der Waals surface area contributed by atoms with Gasteiger partial charge in [0.1, 0.15) is 5.75 Å². The van der Waals surface area contributed by atoms with Crippen LogP contribution in [0.25, 0.3) is 0 Å². The van der Waals surface area contributed by atoms with Crippen LogP contribution >= 0.6 is 0 Å². The molecular formula is C20H23NO3. The van der Waals surface area contributed by atoms with Crippen LogP contribution in [0, 0.1) is 6.92 Å². The van der Waals surface area contributed by atoms with Gasteiger partial charge < -0.3 is 15.2 Å². The topological polar surface area (TPSA) is 58.6 Å². The Bertz CT molecular complexity index is 710. The third kappa shape index (κ3) is 4.88. The SMILES string of the molecule is CCOC(=O)/C=C/CC(Nc1ccccc1O)c1ccccc1C. The van der Waals surface area contributed by atoms with Gasteiger partial charge in [-0.25, -0.2) is 4.79 Å². The third-order valence-corrected chi connectivity index (χ3v) is 3.71. The van der Waals surface area contributed by atoms with Gasteiger partial charge in [0.25, 0.3) is 0 Å². The molecule has 0 fully saturated rings. The number of esters is 1. The van der Waals surface area contributed by atoms with E-state index in [1.165, 1.54) is 6.08 Å². The number of carbonyl (C=O) groups excluding carboxylic acids is 1. The number of carbonyl (C=O) groups is 1. The fourth-order valence-electron chi connectivity index (χ4n) is 2.52. The lowest BCUT2D eigenvalue weighted by Gasteiger charge is -2.21. The van der Waals surface area contributed by atoms with E-state index >= 15 is 0 Å². The van der Waals surface area contributed by atoms with Crippen molar-refractivity contribution in [2.45, 2.75) is 26.3 Å². The average Bonchev–Trinajstić information content (AvgIpc) is 2.56. The normalized spacial score (nSPS) is 12.1. The van der Waals surface area contributed by atoms with E-state index in [4.69, 9.17) is 4.74 Å². The second-order valence-corrected chi connectivity index (χ2v) is 5.46. The van der Waals surface area contributed by atoms with Gasteiger partial charge in [-0.3, -0.25) is 0 Å². The largest absolute Gasteiger partial charge is 0.506 e. The van der Waals surface area contributed by atoms with Crippen LogP contribution < -0.4 is 5.32 Å². The van der Waals surface area contributed by atoms with Crippen LogP contribution in [0.3, 0.4) is 0 Å². The minimum atomic E-state index is -0.344. The van der Waals surface area contributed by atoms with Crippen LogP contribution in [0.5, 0.6) is 5.75 Å². The van der Waals surface area contributed by atoms with E-state index in [-0.39, 0.29) is 17.8 Å². The Labute approximate surface area is 142 Å². The lowest BCUT2D eigenvalue weighted by molar-refractivity contribution is -0.137. The van der Waals surface area contributed by atoms with Gasteiger partial charge in [0, 0.05) is 6.08 Å². The Kier molecular flexibility index (Phi) is 6.43. The summed E-state index contributed by atoms with van der Waals surface area (Å²) in [6.07, 6.45) is 3.83. The Morgan fingerprint density at radius 2 is 1.92 bits per heavy atom. The highest BCUT2D eigenvalue weighted by Crippen LogP contribution is 2.30. The molecule has 0 saturated carbocycles. The molecule has 1 unspecified atom stereocenters. The molecular weight excluding hydrogens is 302 g/mol. The molecule has 2 aromatic carbocycles. The van der Waals surface area contributed by atoms with Gasteiger partial charge in [0.15, 0.2) is 0 Å². The molecule has 2 N–H and O–H groups in total. The molecule has 4 nitrogen and oxygen atoms in total. The molecule has 1 atom stereocenters. The Morgan fingerprint density at radius 1 is 1.21 bits per heavy atom. The molecule has 2 aromatic rings. The molecule has 0 amide bonds. The molecule has 24 heavy (non-hydrogen) atoms. The van der Waals surface area contributed by atoms with Gasteiger partial charge in [-0.05, 0) is 43.5 Å². The van der Waals surface area contributed by atoms with E-state index in [0.717, 1.165) is 11.1 Å². The molecule has 0 aliphatic heterocycles. The van der Waals surface area contributed by atoms with Crippen molar-refractivity contribution in [1.29, 1.82) is 0 Å². The number of phenolic OH excluding ortho intramolecular Hbond substituents is 1. The number of para-hydroxylation sites is 2. The number of aryl methyl sites for hydroxylation is 1. The van der Waals surface area contributed by atoms with Crippen LogP contribution in [-0.2, 0) is 9.53 Å². The van der Waals surface area contributed by atoms with Gasteiger partial charge in [-0.2, -0.15) is 0 Å². The lowest BCUT2D eigenvalue weighted by atomic mass is 9.98. The number of hydrogen-bond acceptors (Lipinski definition) is 4. The maximum Gasteiger partial charge on any atom is 0.330 e. The van der Waals surface area contributed by atoms with Crippen LogP contribution in [0.2, 0.25) is 0 Å². The molecule has 0 aliphatic rings.